The lowest BCUT2D eigenvalue weighted by Crippen LogP contribution is -2.06. The Bertz CT molecular complexity index is 515. The minimum atomic E-state index is -0.367. The molecule has 1 aliphatic rings. The molecule has 1 aliphatic heterocycles. The van der Waals surface area contributed by atoms with E-state index in [0.717, 1.165) is 10.0 Å². The second-order valence-electron chi connectivity index (χ2n) is 4.57. The van der Waals surface area contributed by atoms with Gasteiger partial charge in [-0.2, -0.15) is 0 Å². The molecule has 18 heavy (non-hydrogen) atoms. The van der Waals surface area contributed by atoms with Crippen molar-refractivity contribution in [3.8, 4) is 0 Å². The lowest BCUT2D eigenvalue weighted by Gasteiger charge is -2.01. The van der Waals surface area contributed by atoms with Gasteiger partial charge in [0.1, 0.15) is 0 Å². The highest BCUT2D eigenvalue weighted by Gasteiger charge is 2.23. The largest absolute Gasteiger partial charge is 0.407 e. The van der Waals surface area contributed by atoms with Gasteiger partial charge >= 0.3 is 5.97 Å². The number of ether oxygens (including phenoxy) is 1. The number of aliphatic imine (C=N–C) groups is 1. The predicted octanol–water partition coefficient (Wildman–Crippen LogP) is 3.79. The molecule has 0 bridgehead atoms. The van der Waals surface area contributed by atoms with E-state index in [0.29, 0.717) is 23.9 Å². The molecular weight excluding hydrogens is 294 g/mol. The number of carbonyl (C=O) groups is 1. The lowest BCUT2D eigenvalue weighted by atomic mass is 10.1. The Morgan fingerprint density at radius 2 is 2.00 bits per heavy atom. The van der Waals surface area contributed by atoms with Crippen LogP contribution in [0.2, 0.25) is 0 Å². The molecule has 1 aromatic carbocycles. The van der Waals surface area contributed by atoms with Gasteiger partial charge in [-0.25, -0.2) is 9.79 Å². The van der Waals surface area contributed by atoms with Crippen molar-refractivity contribution in [1.29, 1.82) is 0 Å². The molecule has 1 heterocycles. The van der Waals surface area contributed by atoms with Gasteiger partial charge in [0.25, 0.3) is 0 Å². The normalized spacial score (nSPS) is 17.2. The topological polar surface area (TPSA) is 38.7 Å². The van der Waals surface area contributed by atoms with Crippen LogP contribution < -0.4 is 0 Å². The summed E-state index contributed by atoms with van der Waals surface area (Å²) < 4.78 is 6.12. The number of rotatable bonds is 3. The molecule has 4 heteroatoms. The highest BCUT2D eigenvalue weighted by Crippen LogP contribution is 2.19. The van der Waals surface area contributed by atoms with E-state index in [4.69, 9.17) is 4.74 Å². The molecule has 0 unspecified atom stereocenters. The minimum Gasteiger partial charge on any atom is -0.407 e. The van der Waals surface area contributed by atoms with Crippen LogP contribution in [0.15, 0.2) is 39.4 Å². The van der Waals surface area contributed by atoms with Gasteiger partial charge in [-0.15, -0.1) is 0 Å². The number of cyclic esters (lactones) is 1. The average Bonchev–Trinajstić information content (AvgIpc) is 2.61. The summed E-state index contributed by atoms with van der Waals surface area (Å²) in [6.07, 6.45) is 2.42. The summed E-state index contributed by atoms with van der Waals surface area (Å²) in [5.74, 6) is 0.565. The Balaban J connectivity index is 2.20. The highest BCUT2D eigenvalue weighted by molar-refractivity contribution is 9.10. The molecule has 3 nitrogen and oxygen atoms in total. The SMILES string of the molecule is CC(C)CC1=N/C(=C/c2ccc(Br)cc2)C(=O)O1. The van der Waals surface area contributed by atoms with Crippen molar-refractivity contribution in [1.82, 2.24) is 0 Å². The summed E-state index contributed by atoms with van der Waals surface area (Å²) in [7, 11) is 0. The van der Waals surface area contributed by atoms with Crippen LogP contribution in [0, 0.1) is 5.92 Å². The third-order valence-corrected chi connectivity index (χ3v) is 2.95. The summed E-state index contributed by atoms with van der Waals surface area (Å²) in [5, 5.41) is 0. The molecule has 0 radical (unpaired) electrons. The standard InChI is InChI=1S/C14H14BrNO2/c1-9(2)7-13-16-12(14(17)18-13)8-10-3-5-11(15)6-4-10/h3-6,8-9H,7H2,1-2H3/b12-8+. The van der Waals surface area contributed by atoms with Crippen LogP contribution in [-0.4, -0.2) is 11.9 Å². The van der Waals surface area contributed by atoms with Crippen molar-refractivity contribution in [2.24, 2.45) is 10.9 Å². The molecule has 0 spiro atoms. The summed E-state index contributed by atoms with van der Waals surface area (Å²) >= 11 is 3.37. The summed E-state index contributed by atoms with van der Waals surface area (Å²) in [6, 6.07) is 7.68. The van der Waals surface area contributed by atoms with Crippen LogP contribution in [0.4, 0.5) is 0 Å². The van der Waals surface area contributed by atoms with E-state index in [-0.39, 0.29) is 5.97 Å². The number of hydrogen-bond donors (Lipinski definition) is 0. The smallest absolute Gasteiger partial charge is 0.363 e. The predicted molar refractivity (Wildman–Crippen MR) is 75.1 cm³/mol. The van der Waals surface area contributed by atoms with E-state index < -0.39 is 0 Å². The molecule has 1 aromatic rings. The van der Waals surface area contributed by atoms with Gasteiger partial charge in [-0.05, 0) is 29.7 Å². The Kier molecular flexibility index (Phi) is 3.97. The van der Waals surface area contributed by atoms with Gasteiger partial charge in [0.05, 0.1) is 0 Å². The lowest BCUT2D eigenvalue weighted by molar-refractivity contribution is -0.130. The average molecular weight is 308 g/mol. The second kappa shape index (κ2) is 5.48. The Morgan fingerprint density at radius 3 is 2.61 bits per heavy atom. The highest BCUT2D eigenvalue weighted by atomic mass is 79.9. The van der Waals surface area contributed by atoms with Crippen LogP contribution in [0.1, 0.15) is 25.8 Å². The molecule has 0 N–H and O–H groups in total. The van der Waals surface area contributed by atoms with E-state index >= 15 is 0 Å². The van der Waals surface area contributed by atoms with Crippen LogP contribution >= 0.6 is 15.9 Å². The van der Waals surface area contributed by atoms with E-state index in [1.165, 1.54) is 0 Å². The van der Waals surface area contributed by atoms with Gasteiger partial charge in [0, 0.05) is 10.9 Å². The third kappa shape index (κ3) is 3.29. The molecule has 0 saturated heterocycles. The van der Waals surface area contributed by atoms with Gasteiger partial charge in [0.2, 0.25) is 0 Å². The number of carbonyl (C=O) groups excluding carboxylic acids is 1. The molecule has 0 fully saturated rings. The van der Waals surface area contributed by atoms with Crippen molar-refractivity contribution in [2.45, 2.75) is 20.3 Å². The Labute approximate surface area is 115 Å². The fourth-order valence-corrected chi connectivity index (χ4v) is 1.87. The fourth-order valence-electron chi connectivity index (χ4n) is 1.61. The number of benzene rings is 1. The maximum Gasteiger partial charge on any atom is 0.363 e. The van der Waals surface area contributed by atoms with Crippen molar-refractivity contribution in [3.63, 3.8) is 0 Å². The third-order valence-electron chi connectivity index (χ3n) is 2.42. The van der Waals surface area contributed by atoms with Crippen LogP contribution in [0.5, 0.6) is 0 Å². The van der Waals surface area contributed by atoms with Crippen LogP contribution in [0.3, 0.4) is 0 Å². The molecule has 94 valence electrons. The minimum absolute atomic E-state index is 0.367. The van der Waals surface area contributed by atoms with Crippen molar-refractivity contribution in [2.75, 3.05) is 0 Å². The van der Waals surface area contributed by atoms with Gasteiger partial charge in [0.15, 0.2) is 11.6 Å². The van der Waals surface area contributed by atoms with Crippen molar-refractivity contribution in [3.05, 3.63) is 40.0 Å². The van der Waals surface area contributed by atoms with Crippen molar-refractivity contribution >= 4 is 33.9 Å². The van der Waals surface area contributed by atoms with Gasteiger partial charge < -0.3 is 4.74 Å². The number of esters is 1. The zero-order valence-electron chi connectivity index (χ0n) is 10.3. The van der Waals surface area contributed by atoms with Gasteiger partial charge in [-0.1, -0.05) is 41.9 Å². The number of halogens is 1. The number of hydrogen-bond acceptors (Lipinski definition) is 3. The van der Waals surface area contributed by atoms with Crippen LogP contribution in [-0.2, 0) is 9.53 Å². The summed E-state index contributed by atoms with van der Waals surface area (Å²) in [5.41, 5.74) is 1.30. The van der Waals surface area contributed by atoms with Crippen LogP contribution in [0.25, 0.3) is 6.08 Å². The van der Waals surface area contributed by atoms with E-state index in [1.54, 1.807) is 6.08 Å². The summed E-state index contributed by atoms with van der Waals surface area (Å²) in [6.45, 7) is 4.12. The first kappa shape index (κ1) is 13.0. The molecule has 0 amide bonds. The number of nitrogens with zero attached hydrogens (tertiary/aromatic N) is 1. The first-order chi connectivity index (χ1) is 8.54. The molecule has 0 saturated carbocycles. The quantitative estimate of drug-likeness (QED) is 0.629. The molecular formula is C14H14BrNO2. The second-order valence-corrected chi connectivity index (χ2v) is 5.49. The van der Waals surface area contributed by atoms with Gasteiger partial charge in [-0.3, -0.25) is 0 Å². The first-order valence-electron chi connectivity index (χ1n) is 5.81. The van der Waals surface area contributed by atoms with E-state index in [1.807, 2.05) is 24.3 Å². The Morgan fingerprint density at radius 1 is 1.33 bits per heavy atom. The van der Waals surface area contributed by atoms with E-state index in [9.17, 15) is 4.79 Å². The monoisotopic (exact) mass is 307 g/mol. The van der Waals surface area contributed by atoms with Crippen molar-refractivity contribution < 1.29 is 9.53 Å². The van der Waals surface area contributed by atoms with E-state index in [2.05, 4.69) is 34.8 Å². The molecule has 0 atom stereocenters. The maximum atomic E-state index is 11.6. The zero-order valence-corrected chi connectivity index (χ0v) is 11.9. The molecule has 2 rings (SSSR count). The summed E-state index contributed by atoms with van der Waals surface area (Å²) in [4.78, 5) is 15.8. The fraction of sp³-hybridized carbons (Fsp3) is 0.286. The first-order valence-corrected chi connectivity index (χ1v) is 6.61. The maximum absolute atomic E-state index is 11.6. The molecule has 0 aliphatic carbocycles. The zero-order chi connectivity index (χ0) is 13.1. The molecule has 0 aromatic heterocycles. The Hall–Kier alpha value is -1.42.